The summed E-state index contributed by atoms with van der Waals surface area (Å²) in [6, 6.07) is 3.15. The summed E-state index contributed by atoms with van der Waals surface area (Å²) in [5, 5.41) is 37.8. The van der Waals surface area contributed by atoms with E-state index in [0.717, 1.165) is 41.5 Å². The SMILES string of the molecule is CC(CNC(=O)c1cc(C(=O)O)cc(C(=O)O)c1)c1nc2c(N=Nc3nc(SCCS(=O)(=O)[O-])ns3)c(C(C)(C)C)[nH]n2n1.[Na+]. The van der Waals surface area contributed by atoms with Gasteiger partial charge in [0, 0.05) is 46.5 Å². The fourth-order valence-corrected chi connectivity index (χ4v) is 6.00. The predicted molar refractivity (Wildman–Crippen MR) is 157 cm³/mol. The van der Waals surface area contributed by atoms with Gasteiger partial charge >= 0.3 is 41.5 Å². The van der Waals surface area contributed by atoms with Crippen LogP contribution in [0.25, 0.3) is 5.65 Å². The van der Waals surface area contributed by atoms with Crippen molar-refractivity contribution in [1.29, 1.82) is 0 Å². The molecule has 3 heterocycles. The number of benzene rings is 1. The number of carbonyl (C=O) groups excluding carboxylic acids is 1. The van der Waals surface area contributed by atoms with Crippen LogP contribution in [-0.2, 0) is 15.5 Å². The minimum Gasteiger partial charge on any atom is -0.748 e. The molecular weight excluding hydrogens is 662 g/mol. The van der Waals surface area contributed by atoms with Crippen LogP contribution in [0.2, 0.25) is 0 Å². The zero-order chi connectivity index (χ0) is 32.4. The van der Waals surface area contributed by atoms with E-state index < -0.39 is 45.0 Å². The zero-order valence-corrected chi connectivity index (χ0v) is 29.1. The van der Waals surface area contributed by atoms with E-state index in [4.69, 9.17) is 0 Å². The number of rotatable bonds is 12. The van der Waals surface area contributed by atoms with Crippen molar-refractivity contribution < 1.29 is 67.1 Å². The fraction of sp³-hybridized carbons (Fsp3) is 0.375. The van der Waals surface area contributed by atoms with E-state index in [-0.39, 0.29) is 68.8 Å². The summed E-state index contributed by atoms with van der Waals surface area (Å²) in [6.45, 7) is 7.67. The van der Waals surface area contributed by atoms with Gasteiger partial charge in [0.15, 0.2) is 11.5 Å². The monoisotopic (exact) mass is 687 g/mol. The number of thioether (sulfide) groups is 1. The number of fused-ring (bicyclic) bond motifs is 1. The van der Waals surface area contributed by atoms with Crippen LogP contribution in [0.3, 0.4) is 0 Å². The van der Waals surface area contributed by atoms with E-state index >= 15 is 0 Å². The van der Waals surface area contributed by atoms with Crippen LogP contribution in [0, 0.1) is 0 Å². The van der Waals surface area contributed by atoms with Crippen LogP contribution in [-0.4, -0.2) is 88.2 Å². The number of nitrogens with zero attached hydrogens (tertiary/aromatic N) is 7. The van der Waals surface area contributed by atoms with Gasteiger partial charge in [0.25, 0.3) is 5.91 Å². The molecule has 0 saturated carbocycles. The molecule has 45 heavy (non-hydrogen) atoms. The number of carboxylic acid groups (broad SMARTS) is 2. The molecule has 1 atom stereocenters. The van der Waals surface area contributed by atoms with Crippen molar-refractivity contribution >= 4 is 67.7 Å². The summed E-state index contributed by atoms with van der Waals surface area (Å²) >= 11 is 1.95. The predicted octanol–water partition coefficient (Wildman–Crippen LogP) is 0.193. The number of aromatic amines is 1. The first-order valence-electron chi connectivity index (χ1n) is 12.7. The molecule has 0 radical (unpaired) electrons. The van der Waals surface area contributed by atoms with Crippen molar-refractivity contribution in [2.75, 3.05) is 18.1 Å². The Kier molecular flexibility index (Phi) is 11.6. The smallest absolute Gasteiger partial charge is 0.748 e. The normalized spacial score (nSPS) is 12.7. The first-order chi connectivity index (χ1) is 20.5. The molecule has 21 heteroatoms. The van der Waals surface area contributed by atoms with Gasteiger partial charge in [-0.1, -0.05) is 39.5 Å². The average Bonchev–Trinajstić information content (AvgIpc) is 3.64. The van der Waals surface area contributed by atoms with Crippen LogP contribution in [0.4, 0.5) is 10.8 Å². The van der Waals surface area contributed by atoms with Crippen LogP contribution >= 0.6 is 23.3 Å². The Morgan fingerprint density at radius 2 is 1.73 bits per heavy atom. The number of nitrogens with one attached hydrogen (secondary N) is 2. The van der Waals surface area contributed by atoms with Gasteiger partial charge in [0.2, 0.25) is 15.9 Å². The van der Waals surface area contributed by atoms with Gasteiger partial charge in [0.1, 0.15) is 0 Å². The van der Waals surface area contributed by atoms with Crippen molar-refractivity contribution in [3.63, 3.8) is 0 Å². The largest absolute Gasteiger partial charge is 1.00 e. The molecule has 3 aromatic heterocycles. The Labute approximate surface area is 286 Å². The zero-order valence-electron chi connectivity index (χ0n) is 24.6. The van der Waals surface area contributed by atoms with Crippen molar-refractivity contribution in [3.05, 3.63) is 46.4 Å². The summed E-state index contributed by atoms with van der Waals surface area (Å²) in [6.07, 6.45) is 0. The molecule has 4 N–H and O–H groups in total. The molecule has 0 spiro atoms. The van der Waals surface area contributed by atoms with Gasteiger partial charge in [-0.25, -0.2) is 23.0 Å². The van der Waals surface area contributed by atoms with E-state index in [1.165, 1.54) is 4.63 Å². The molecule has 234 valence electrons. The second kappa shape index (κ2) is 14.4. The summed E-state index contributed by atoms with van der Waals surface area (Å²) < 4.78 is 37.9. The fourth-order valence-electron chi connectivity index (χ4n) is 3.73. The Morgan fingerprint density at radius 1 is 1.11 bits per heavy atom. The number of aromatic carboxylic acids is 2. The number of hydrogen-bond donors (Lipinski definition) is 4. The summed E-state index contributed by atoms with van der Waals surface area (Å²) in [4.78, 5) is 44.3. The van der Waals surface area contributed by atoms with Gasteiger partial charge in [-0.05, 0) is 18.2 Å². The number of H-pyrrole nitrogens is 1. The van der Waals surface area contributed by atoms with E-state index in [9.17, 15) is 37.6 Å². The molecule has 0 bridgehead atoms. The molecule has 0 aliphatic carbocycles. The minimum absolute atomic E-state index is 0. The Bertz CT molecular complexity index is 1850. The van der Waals surface area contributed by atoms with Crippen LogP contribution in [0.15, 0.2) is 33.6 Å². The van der Waals surface area contributed by atoms with E-state index in [2.05, 4.69) is 40.1 Å². The van der Waals surface area contributed by atoms with E-state index in [0.29, 0.717) is 22.9 Å². The maximum Gasteiger partial charge on any atom is 1.00 e. The number of carboxylic acids is 2. The quantitative estimate of drug-likeness (QED) is 0.0672. The Hall–Kier alpha value is -3.27. The number of hydrogen-bond acceptors (Lipinski definition) is 14. The van der Waals surface area contributed by atoms with Gasteiger partial charge < -0.3 is 20.1 Å². The molecule has 1 unspecified atom stereocenters. The summed E-state index contributed by atoms with van der Waals surface area (Å²) in [7, 11) is -4.34. The van der Waals surface area contributed by atoms with Gasteiger partial charge in [-0.2, -0.15) is 14.0 Å². The first kappa shape index (κ1) is 36.2. The number of azo groups is 1. The summed E-state index contributed by atoms with van der Waals surface area (Å²) in [5.41, 5.74) is 0.224. The number of amides is 1. The minimum atomic E-state index is -4.34. The second-order valence-electron chi connectivity index (χ2n) is 10.5. The Balaban J connectivity index is 0.00000552. The number of carbonyl (C=O) groups is 3. The van der Waals surface area contributed by atoms with Gasteiger partial charge in [-0.3, -0.25) is 9.89 Å². The maximum absolute atomic E-state index is 12.8. The first-order valence-corrected chi connectivity index (χ1v) is 16.1. The van der Waals surface area contributed by atoms with Crippen molar-refractivity contribution in [2.45, 2.75) is 44.2 Å². The topological polar surface area (TPSA) is 257 Å². The molecule has 1 aromatic carbocycles. The van der Waals surface area contributed by atoms with Gasteiger partial charge in [0.05, 0.1) is 26.9 Å². The average molecular weight is 688 g/mol. The molecule has 0 saturated heterocycles. The van der Waals surface area contributed by atoms with Crippen molar-refractivity contribution in [3.8, 4) is 0 Å². The van der Waals surface area contributed by atoms with Crippen LogP contribution in [0.1, 0.15) is 76.2 Å². The number of aromatic nitrogens is 6. The third kappa shape index (κ3) is 9.37. The molecule has 0 aliphatic heterocycles. The molecule has 0 fully saturated rings. The van der Waals surface area contributed by atoms with Crippen molar-refractivity contribution in [1.82, 2.24) is 34.5 Å². The molecular formula is C24H26N9NaO8S3. The second-order valence-corrected chi connectivity index (χ2v) is 13.8. The van der Waals surface area contributed by atoms with Gasteiger partial charge in [-0.15, -0.1) is 15.3 Å². The molecule has 4 aromatic rings. The maximum atomic E-state index is 12.8. The third-order valence-corrected chi connectivity index (χ3v) is 8.46. The standard InChI is InChI=1S/C24H27N9O8S3.Na/c1-11(10-25-19(34)12-7-13(20(35)36)9-14(8-12)21(37)38)17-26-18-15(16(24(2,3)4)30-33(18)31-17)28-29-22-27-23(32-43-22)42-5-6-44(39,40)41;/h7-9,11,30H,5-6,10H2,1-4H3,(H,25,34)(H,35,36)(H,37,38)(H,39,40,41);/q;+1/p-1. The molecule has 1 amide bonds. The Morgan fingerprint density at radius 3 is 2.31 bits per heavy atom. The van der Waals surface area contributed by atoms with Crippen molar-refractivity contribution in [2.24, 2.45) is 10.2 Å². The summed E-state index contributed by atoms with van der Waals surface area (Å²) in [5.74, 6) is -4.01. The van der Waals surface area contributed by atoms with E-state index in [1.54, 1.807) is 6.92 Å². The molecule has 17 nitrogen and oxygen atoms in total. The molecule has 4 rings (SSSR count). The van der Waals surface area contributed by atoms with Crippen LogP contribution in [0.5, 0.6) is 0 Å². The third-order valence-electron chi connectivity index (χ3n) is 5.94. The van der Waals surface area contributed by atoms with Crippen LogP contribution < -0.4 is 34.9 Å². The molecule has 0 aliphatic rings. The van der Waals surface area contributed by atoms with E-state index in [1.807, 2.05) is 20.8 Å².